The van der Waals surface area contributed by atoms with Crippen molar-refractivity contribution in [2.24, 2.45) is 0 Å². The van der Waals surface area contributed by atoms with E-state index in [1.807, 2.05) is 24.3 Å². The number of rotatable bonds is 1. The molecule has 1 aromatic rings. The number of halogens is 1. The van der Waals surface area contributed by atoms with Crippen molar-refractivity contribution in [1.82, 2.24) is 16.2 Å². The third-order valence-electron chi connectivity index (χ3n) is 1.82. The molecule has 0 saturated carbocycles. The third kappa shape index (κ3) is 1.82. The molecular weight excluding hydrogens is 250 g/mol. The molecule has 3 N–H and O–H groups in total. The Balaban J connectivity index is 2.26. The highest BCUT2D eigenvalue weighted by Crippen LogP contribution is 2.22. The molecular formula is C8H8BrN3S. The second-order valence-corrected chi connectivity index (χ2v) is 3.96. The van der Waals surface area contributed by atoms with Crippen molar-refractivity contribution in [3.63, 3.8) is 0 Å². The summed E-state index contributed by atoms with van der Waals surface area (Å²) in [7, 11) is 0. The molecule has 0 amide bonds. The van der Waals surface area contributed by atoms with Crippen LogP contribution in [-0.2, 0) is 0 Å². The number of nitrogens with one attached hydrogen (secondary N) is 3. The minimum absolute atomic E-state index is 0.0445. The summed E-state index contributed by atoms with van der Waals surface area (Å²) in [4.78, 5) is 0. The van der Waals surface area contributed by atoms with Gasteiger partial charge in [0, 0.05) is 10.0 Å². The average molecular weight is 258 g/mol. The Hall–Kier alpha value is -0.650. The van der Waals surface area contributed by atoms with Crippen molar-refractivity contribution in [3.8, 4) is 0 Å². The van der Waals surface area contributed by atoms with Gasteiger partial charge < -0.3 is 5.32 Å². The predicted molar refractivity (Wildman–Crippen MR) is 58.9 cm³/mol. The lowest BCUT2D eigenvalue weighted by molar-refractivity contribution is 0.553. The first-order valence-electron chi connectivity index (χ1n) is 3.84. The van der Waals surface area contributed by atoms with E-state index < -0.39 is 0 Å². The van der Waals surface area contributed by atoms with Crippen molar-refractivity contribution < 1.29 is 0 Å². The van der Waals surface area contributed by atoms with Gasteiger partial charge in [-0.25, -0.2) is 5.43 Å². The fourth-order valence-electron chi connectivity index (χ4n) is 1.21. The fraction of sp³-hybridized carbons (Fsp3) is 0.125. The maximum Gasteiger partial charge on any atom is 0.182 e. The van der Waals surface area contributed by atoms with Crippen LogP contribution in [-0.4, -0.2) is 5.11 Å². The van der Waals surface area contributed by atoms with Gasteiger partial charge >= 0.3 is 0 Å². The number of hydrazine groups is 1. The van der Waals surface area contributed by atoms with Gasteiger partial charge in [0.1, 0.15) is 6.17 Å². The standard InChI is InChI=1S/C8H8BrN3S/c9-6-4-2-1-3-5(6)7-10-8(13)12-11-7/h1-4,7,11H,(H2,10,12,13). The molecule has 3 nitrogen and oxygen atoms in total. The van der Waals surface area contributed by atoms with Crippen LogP contribution < -0.4 is 16.2 Å². The van der Waals surface area contributed by atoms with Crippen LogP contribution in [0, 0.1) is 0 Å². The monoisotopic (exact) mass is 257 g/mol. The zero-order chi connectivity index (χ0) is 9.26. The van der Waals surface area contributed by atoms with Crippen molar-refractivity contribution in [1.29, 1.82) is 0 Å². The van der Waals surface area contributed by atoms with Gasteiger partial charge in [-0.1, -0.05) is 34.1 Å². The topological polar surface area (TPSA) is 36.1 Å². The largest absolute Gasteiger partial charge is 0.341 e. The molecule has 1 aromatic carbocycles. The van der Waals surface area contributed by atoms with Crippen LogP contribution in [0.15, 0.2) is 28.7 Å². The minimum atomic E-state index is 0.0445. The lowest BCUT2D eigenvalue weighted by atomic mass is 10.2. The van der Waals surface area contributed by atoms with Crippen LogP contribution >= 0.6 is 28.1 Å². The summed E-state index contributed by atoms with van der Waals surface area (Å²) in [5.41, 5.74) is 7.01. The lowest BCUT2D eigenvalue weighted by Gasteiger charge is -2.11. The van der Waals surface area contributed by atoms with Gasteiger partial charge in [0.15, 0.2) is 5.11 Å². The van der Waals surface area contributed by atoms with E-state index in [0.717, 1.165) is 10.0 Å². The van der Waals surface area contributed by atoms with Crippen molar-refractivity contribution >= 4 is 33.3 Å². The number of benzene rings is 1. The Labute approximate surface area is 90.0 Å². The van der Waals surface area contributed by atoms with Gasteiger partial charge in [0.2, 0.25) is 0 Å². The summed E-state index contributed by atoms with van der Waals surface area (Å²) in [6.07, 6.45) is 0.0445. The lowest BCUT2D eigenvalue weighted by Crippen LogP contribution is -2.26. The zero-order valence-electron chi connectivity index (χ0n) is 6.67. The van der Waals surface area contributed by atoms with Gasteiger partial charge in [0.25, 0.3) is 0 Å². The van der Waals surface area contributed by atoms with Crippen molar-refractivity contribution in [3.05, 3.63) is 34.3 Å². The van der Waals surface area contributed by atoms with E-state index in [0.29, 0.717) is 5.11 Å². The molecule has 0 aliphatic carbocycles. The fourth-order valence-corrected chi connectivity index (χ4v) is 1.90. The smallest absolute Gasteiger partial charge is 0.182 e. The molecule has 0 radical (unpaired) electrons. The number of hydrogen-bond acceptors (Lipinski definition) is 2. The first kappa shape index (κ1) is 8.93. The normalized spacial score (nSPS) is 21.0. The van der Waals surface area contributed by atoms with Crippen LogP contribution in [0.3, 0.4) is 0 Å². The summed E-state index contributed by atoms with van der Waals surface area (Å²) >= 11 is 8.41. The molecule has 1 unspecified atom stereocenters. The predicted octanol–water partition coefficient (Wildman–Crippen LogP) is 1.43. The molecule has 1 aliphatic heterocycles. The second-order valence-electron chi connectivity index (χ2n) is 2.70. The van der Waals surface area contributed by atoms with E-state index in [9.17, 15) is 0 Å². The molecule has 0 aromatic heterocycles. The number of thiocarbonyl (C=S) groups is 1. The second kappa shape index (κ2) is 3.61. The molecule has 1 aliphatic rings. The highest BCUT2D eigenvalue weighted by atomic mass is 79.9. The van der Waals surface area contributed by atoms with Crippen molar-refractivity contribution in [2.45, 2.75) is 6.17 Å². The summed E-state index contributed by atoms with van der Waals surface area (Å²) < 4.78 is 1.06. The molecule has 13 heavy (non-hydrogen) atoms. The van der Waals surface area contributed by atoms with Crippen LogP contribution in [0.5, 0.6) is 0 Å². The van der Waals surface area contributed by atoms with Gasteiger partial charge in [0.05, 0.1) is 0 Å². The molecule has 0 spiro atoms. The number of hydrogen-bond donors (Lipinski definition) is 3. The Kier molecular flexibility index (Phi) is 2.48. The van der Waals surface area contributed by atoms with Gasteiger partial charge in [-0.2, -0.15) is 0 Å². The van der Waals surface area contributed by atoms with E-state index in [4.69, 9.17) is 12.2 Å². The highest BCUT2D eigenvalue weighted by molar-refractivity contribution is 9.10. The van der Waals surface area contributed by atoms with Gasteiger partial charge in [-0.3, -0.25) is 5.43 Å². The highest BCUT2D eigenvalue weighted by Gasteiger charge is 2.19. The Morgan fingerprint density at radius 2 is 2.08 bits per heavy atom. The van der Waals surface area contributed by atoms with E-state index in [-0.39, 0.29) is 6.17 Å². The molecule has 5 heteroatoms. The Morgan fingerprint density at radius 3 is 2.69 bits per heavy atom. The summed E-state index contributed by atoms with van der Waals surface area (Å²) in [5, 5.41) is 3.72. The van der Waals surface area contributed by atoms with Crippen LogP contribution in [0.2, 0.25) is 0 Å². The first-order valence-corrected chi connectivity index (χ1v) is 5.04. The van der Waals surface area contributed by atoms with E-state index in [2.05, 4.69) is 32.1 Å². The minimum Gasteiger partial charge on any atom is -0.341 e. The van der Waals surface area contributed by atoms with Crippen LogP contribution in [0.4, 0.5) is 0 Å². The van der Waals surface area contributed by atoms with E-state index in [1.54, 1.807) is 0 Å². The third-order valence-corrected chi connectivity index (χ3v) is 2.76. The summed E-state index contributed by atoms with van der Waals surface area (Å²) in [6.45, 7) is 0. The van der Waals surface area contributed by atoms with Gasteiger partial charge in [-0.15, -0.1) is 0 Å². The average Bonchev–Trinajstić information content (AvgIpc) is 2.53. The molecule has 1 saturated heterocycles. The SMILES string of the molecule is S=C1NNC(c2ccccc2Br)N1. The maximum atomic E-state index is 4.94. The summed E-state index contributed by atoms with van der Waals surface area (Å²) in [6, 6.07) is 8.00. The van der Waals surface area contributed by atoms with Crippen molar-refractivity contribution in [2.75, 3.05) is 0 Å². The molecule has 68 valence electrons. The zero-order valence-corrected chi connectivity index (χ0v) is 9.08. The molecule has 1 heterocycles. The maximum absolute atomic E-state index is 4.94. The molecule has 0 bridgehead atoms. The molecule has 1 fully saturated rings. The summed E-state index contributed by atoms with van der Waals surface area (Å²) in [5.74, 6) is 0. The van der Waals surface area contributed by atoms with E-state index in [1.165, 1.54) is 0 Å². The Morgan fingerprint density at radius 1 is 1.31 bits per heavy atom. The quantitative estimate of drug-likeness (QED) is 0.666. The van der Waals surface area contributed by atoms with Crippen LogP contribution in [0.25, 0.3) is 0 Å². The Bertz CT molecular complexity index is 342. The first-order chi connectivity index (χ1) is 6.27. The van der Waals surface area contributed by atoms with E-state index >= 15 is 0 Å². The molecule has 1 atom stereocenters. The van der Waals surface area contributed by atoms with Gasteiger partial charge in [-0.05, 0) is 18.3 Å². The van der Waals surface area contributed by atoms with Crippen LogP contribution in [0.1, 0.15) is 11.7 Å². The molecule has 2 rings (SSSR count).